The van der Waals surface area contributed by atoms with E-state index in [1.807, 2.05) is 0 Å². The lowest BCUT2D eigenvalue weighted by Crippen LogP contribution is -2.21. The van der Waals surface area contributed by atoms with E-state index in [0.717, 1.165) is 6.26 Å². The summed E-state index contributed by atoms with van der Waals surface area (Å²) in [7, 11) is -1.64. The molecule has 0 radical (unpaired) electrons. The summed E-state index contributed by atoms with van der Waals surface area (Å²) in [6.45, 7) is 0. The first-order chi connectivity index (χ1) is 11.7. The van der Waals surface area contributed by atoms with Crippen molar-refractivity contribution in [1.82, 2.24) is 9.13 Å². The number of halogens is 2. The van der Waals surface area contributed by atoms with Gasteiger partial charge in [0.15, 0.2) is 9.84 Å². The van der Waals surface area contributed by atoms with E-state index in [0.29, 0.717) is 27.0 Å². The highest BCUT2D eigenvalue weighted by Gasteiger charge is 2.15. The predicted molar refractivity (Wildman–Crippen MR) is 99.6 cm³/mol. The molecular formula is C17H14Cl2N2O3S. The maximum Gasteiger partial charge on any atom is 0.332 e. The average molecular weight is 397 g/mol. The van der Waals surface area contributed by atoms with Gasteiger partial charge in [0.2, 0.25) is 0 Å². The van der Waals surface area contributed by atoms with E-state index in [-0.39, 0.29) is 10.6 Å². The van der Waals surface area contributed by atoms with Gasteiger partial charge in [0.1, 0.15) is 0 Å². The largest absolute Gasteiger partial charge is 0.332 e. The summed E-state index contributed by atoms with van der Waals surface area (Å²) >= 11 is 12.0. The number of hydrogen-bond acceptors (Lipinski definition) is 3. The molecule has 8 heteroatoms. The molecule has 25 heavy (non-hydrogen) atoms. The Morgan fingerprint density at radius 2 is 1.60 bits per heavy atom. The third-order valence-electron chi connectivity index (χ3n) is 3.79. The zero-order valence-corrected chi connectivity index (χ0v) is 15.7. The van der Waals surface area contributed by atoms with Crippen molar-refractivity contribution in [2.24, 2.45) is 7.05 Å². The van der Waals surface area contributed by atoms with Gasteiger partial charge in [-0.1, -0.05) is 35.3 Å². The van der Waals surface area contributed by atoms with Gasteiger partial charge in [-0.3, -0.25) is 4.57 Å². The molecule has 3 rings (SSSR count). The number of nitrogens with zero attached hydrogens (tertiary/aromatic N) is 2. The minimum absolute atomic E-state index is 0.218. The van der Waals surface area contributed by atoms with Gasteiger partial charge < -0.3 is 4.57 Å². The van der Waals surface area contributed by atoms with E-state index in [1.54, 1.807) is 43.6 Å². The summed E-state index contributed by atoms with van der Waals surface area (Å²) in [4.78, 5) is 12.8. The van der Waals surface area contributed by atoms with Crippen LogP contribution in [-0.2, 0) is 16.9 Å². The normalized spacial score (nSPS) is 11.7. The molecule has 0 bridgehead atoms. The molecule has 3 aromatic rings. The molecule has 0 aliphatic carbocycles. The first-order valence-corrected chi connectivity index (χ1v) is 9.87. The molecule has 0 aliphatic rings. The molecule has 0 spiro atoms. The lowest BCUT2D eigenvalue weighted by molar-refractivity contribution is 0.602. The van der Waals surface area contributed by atoms with Crippen molar-refractivity contribution in [2.75, 3.05) is 6.26 Å². The first-order valence-electron chi connectivity index (χ1n) is 7.23. The van der Waals surface area contributed by atoms with Crippen LogP contribution in [0.4, 0.5) is 0 Å². The van der Waals surface area contributed by atoms with E-state index in [1.165, 1.54) is 21.3 Å². The second-order valence-electron chi connectivity index (χ2n) is 5.64. The van der Waals surface area contributed by atoms with Gasteiger partial charge in [0.05, 0.1) is 26.3 Å². The Kier molecular flexibility index (Phi) is 4.53. The summed E-state index contributed by atoms with van der Waals surface area (Å²) in [6, 6.07) is 11.3. The molecule has 0 amide bonds. The summed E-state index contributed by atoms with van der Waals surface area (Å²) in [5.74, 6) is 0. The molecule has 0 unspecified atom stereocenters. The Hall–Kier alpha value is -2.02. The SMILES string of the molecule is Cn1cc(-c2ccc(S(C)(=O)=O)cc2)n(-c2ccc(Cl)c(Cl)c2)c1=O. The average Bonchev–Trinajstić information content (AvgIpc) is 2.85. The van der Waals surface area contributed by atoms with Gasteiger partial charge in [-0.25, -0.2) is 13.2 Å². The predicted octanol–water partition coefficient (Wildman–Crippen LogP) is 3.55. The minimum Gasteiger partial charge on any atom is -0.301 e. The van der Waals surface area contributed by atoms with Crippen LogP contribution in [0.2, 0.25) is 10.0 Å². The molecule has 1 heterocycles. The molecule has 0 saturated carbocycles. The van der Waals surface area contributed by atoms with E-state index >= 15 is 0 Å². The third kappa shape index (κ3) is 3.38. The van der Waals surface area contributed by atoms with E-state index < -0.39 is 9.84 Å². The topological polar surface area (TPSA) is 61.1 Å². The van der Waals surface area contributed by atoms with Crippen molar-refractivity contribution in [1.29, 1.82) is 0 Å². The van der Waals surface area contributed by atoms with Crippen LogP contribution in [0.5, 0.6) is 0 Å². The zero-order chi connectivity index (χ0) is 18.4. The molecular weight excluding hydrogens is 383 g/mol. The first kappa shape index (κ1) is 17.8. The molecule has 2 aromatic carbocycles. The van der Waals surface area contributed by atoms with E-state index in [4.69, 9.17) is 23.2 Å². The Labute approximate surface area is 155 Å². The van der Waals surface area contributed by atoms with Crippen LogP contribution in [0, 0.1) is 0 Å². The highest BCUT2D eigenvalue weighted by Crippen LogP contribution is 2.27. The molecule has 1 aromatic heterocycles. The lowest BCUT2D eigenvalue weighted by Gasteiger charge is -2.09. The van der Waals surface area contributed by atoms with Crippen LogP contribution in [0.25, 0.3) is 16.9 Å². The van der Waals surface area contributed by atoms with Crippen molar-refractivity contribution in [3.63, 3.8) is 0 Å². The second-order valence-corrected chi connectivity index (χ2v) is 8.47. The number of hydrogen-bond donors (Lipinski definition) is 0. The Balaban J connectivity index is 2.19. The number of benzene rings is 2. The van der Waals surface area contributed by atoms with Gasteiger partial charge >= 0.3 is 5.69 Å². The summed E-state index contributed by atoms with van der Waals surface area (Å²) in [6.07, 6.45) is 2.83. The van der Waals surface area contributed by atoms with Crippen molar-refractivity contribution in [2.45, 2.75) is 4.90 Å². The van der Waals surface area contributed by atoms with Crippen molar-refractivity contribution in [3.8, 4) is 16.9 Å². The van der Waals surface area contributed by atoms with Gasteiger partial charge in [0.25, 0.3) is 0 Å². The summed E-state index contributed by atoms with van der Waals surface area (Å²) < 4.78 is 26.2. The monoisotopic (exact) mass is 396 g/mol. The number of imidazole rings is 1. The van der Waals surface area contributed by atoms with Crippen molar-refractivity contribution >= 4 is 33.0 Å². The summed E-state index contributed by atoms with van der Waals surface area (Å²) in [5, 5.41) is 0.738. The van der Waals surface area contributed by atoms with Crippen molar-refractivity contribution < 1.29 is 8.42 Å². The van der Waals surface area contributed by atoms with E-state index in [2.05, 4.69) is 0 Å². The van der Waals surface area contributed by atoms with Gasteiger partial charge in [0, 0.05) is 25.1 Å². The van der Waals surface area contributed by atoms with Gasteiger partial charge in [-0.2, -0.15) is 0 Å². The number of aryl methyl sites for hydroxylation is 1. The number of rotatable bonds is 3. The highest BCUT2D eigenvalue weighted by molar-refractivity contribution is 7.90. The molecule has 0 atom stereocenters. The van der Waals surface area contributed by atoms with Gasteiger partial charge in [-0.05, 0) is 30.3 Å². The fourth-order valence-electron chi connectivity index (χ4n) is 2.51. The summed E-state index contributed by atoms with van der Waals surface area (Å²) in [5.41, 5.74) is 1.64. The molecule has 130 valence electrons. The van der Waals surface area contributed by atoms with Crippen LogP contribution in [-0.4, -0.2) is 23.8 Å². The van der Waals surface area contributed by atoms with Gasteiger partial charge in [-0.15, -0.1) is 0 Å². The van der Waals surface area contributed by atoms with Crippen LogP contribution in [0.15, 0.2) is 58.4 Å². The van der Waals surface area contributed by atoms with Crippen LogP contribution in [0.1, 0.15) is 0 Å². The number of aromatic nitrogens is 2. The molecule has 0 aliphatic heterocycles. The Morgan fingerprint density at radius 1 is 0.960 bits per heavy atom. The minimum atomic E-state index is -3.28. The molecule has 5 nitrogen and oxygen atoms in total. The maximum absolute atomic E-state index is 12.5. The molecule has 0 fully saturated rings. The van der Waals surface area contributed by atoms with E-state index in [9.17, 15) is 13.2 Å². The fraction of sp³-hybridized carbons (Fsp3) is 0.118. The van der Waals surface area contributed by atoms with Crippen LogP contribution >= 0.6 is 23.2 Å². The second kappa shape index (κ2) is 6.37. The molecule has 0 saturated heterocycles. The Morgan fingerprint density at radius 3 is 2.16 bits per heavy atom. The highest BCUT2D eigenvalue weighted by atomic mass is 35.5. The standard InChI is InChI=1S/C17H14Cl2N2O3S/c1-20-10-16(11-3-6-13(7-4-11)25(2,23)24)21(17(20)22)12-5-8-14(18)15(19)9-12/h3-10H,1-2H3. The molecule has 0 N–H and O–H groups in total. The van der Waals surface area contributed by atoms with Crippen LogP contribution < -0.4 is 5.69 Å². The van der Waals surface area contributed by atoms with Crippen molar-refractivity contribution in [3.05, 3.63) is 69.2 Å². The lowest BCUT2D eigenvalue weighted by atomic mass is 10.1. The fourth-order valence-corrected chi connectivity index (χ4v) is 3.43. The maximum atomic E-state index is 12.5. The van der Waals surface area contributed by atoms with Crippen LogP contribution in [0.3, 0.4) is 0 Å². The smallest absolute Gasteiger partial charge is 0.301 e. The third-order valence-corrected chi connectivity index (χ3v) is 5.66. The quantitative estimate of drug-likeness (QED) is 0.679. The zero-order valence-electron chi connectivity index (χ0n) is 13.4. The Bertz CT molecular complexity index is 1110. The number of sulfone groups is 1.